The standard InChI is InChI=1S/C37H23N/c1-2-7-24(8-3-1)30-17-18-36(38-23-30)28-16-15-25-19-27(14-13-26(25)20-28)31-21-29-9-6-12-34-32-10-4-5-11-33(32)35(22-31)37(29)34/h1-23H. The third-order valence-electron chi connectivity index (χ3n) is 7.82. The van der Waals surface area contributed by atoms with E-state index in [0.29, 0.717) is 0 Å². The number of benzene rings is 6. The Kier molecular flexibility index (Phi) is 4.59. The van der Waals surface area contributed by atoms with Gasteiger partial charge in [-0.15, -0.1) is 0 Å². The van der Waals surface area contributed by atoms with Crippen LogP contribution in [0.4, 0.5) is 0 Å². The number of hydrogen-bond donors (Lipinski definition) is 0. The number of aromatic nitrogens is 1. The quantitative estimate of drug-likeness (QED) is 0.245. The van der Waals surface area contributed by atoms with Crippen LogP contribution < -0.4 is 0 Å². The summed E-state index contributed by atoms with van der Waals surface area (Å²) in [6.07, 6.45) is 1.96. The minimum absolute atomic E-state index is 0.989. The van der Waals surface area contributed by atoms with Gasteiger partial charge in [0.05, 0.1) is 5.69 Å². The lowest BCUT2D eigenvalue weighted by Crippen LogP contribution is -1.86. The van der Waals surface area contributed by atoms with Crippen LogP contribution in [0.5, 0.6) is 0 Å². The maximum atomic E-state index is 4.77. The largest absolute Gasteiger partial charge is 0.256 e. The third kappa shape index (κ3) is 3.29. The molecule has 8 rings (SSSR count). The summed E-state index contributed by atoms with van der Waals surface area (Å²) in [7, 11) is 0. The lowest BCUT2D eigenvalue weighted by atomic mass is 9.94. The van der Waals surface area contributed by atoms with E-state index in [-0.39, 0.29) is 0 Å². The van der Waals surface area contributed by atoms with Gasteiger partial charge in [-0.1, -0.05) is 103 Å². The van der Waals surface area contributed by atoms with Gasteiger partial charge < -0.3 is 0 Å². The van der Waals surface area contributed by atoms with E-state index < -0.39 is 0 Å². The summed E-state index contributed by atoms with van der Waals surface area (Å²) in [5.74, 6) is 0. The molecule has 0 atom stereocenters. The van der Waals surface area contributed by atoms with Crippen LogP contribution in [-0.2, 0) is 0 Å². The van der Waals surface area contributed by atoms with Crippen LogP contribution >= 0.6 is 0 Å². The Morgan fingerprint density at radius 3 is 1.79 bits per heavy atom. The molecular formula is C37H23N. The van der Waals surface area contributed by atoms with Gasteiger partial charge >= 0.3 is 0 Å². The minimum atomic E-state index is 0.989. The van der Waals surface area contributed by atoms with Crippen LogP contribution in [0.3, 0.4) is 0 Å². The molecule has 0 unspecified atom stereocenters. The zero-order valence-corrected chi connectivity index (χ0v) is 20.7. The third-order valence-corrected chi connectivity index (χ3v) is 7.82. The Hall–Kier alpha value is -5.01. The van der Waals surface area contributed by atoms with E-state index in [1.54, 1.807) is 0 Å². The van der Waals surface area contributed by atoms with Crippen molar-refractivity contribution in [1.82, 2.24) is 4.98 Å². The Morgan fingerprint density at radius 2 is 1.00 bits per heavy atom. The van der Waals surface area contributed by atoms with Crippen molar-refractivity contribution in [2.75, 3.05) is 0 Å². The van der Waals surface area contributed by atoms with E-state index >= 15 is 0 Å². The highest BCUT2D eigenvalue weighted by molar-refractivity contribution is 6.16. The van der Waals surface area contributed by atoms with E-state index in [0.717, 1.165) is 16.8 Å². The van der Waals surface area contributed by atoms with Crippen molar-refractivity contribution in [2.24, 2.45) is 0 Å². The molecule has 176 valence electrons. The number of pyridine rings is 1. The zero-order valence-electron chi connectivity index (χ0n) is 20.7. The first-order valence-corrected chi connectivity index (χ1v) is 13.0. The predicted octanol–water partition coefficient (Wildman–Crippen LogP) is 10.0. The minimum Gasteiger partial charge on any atom is -0.256 e. The molecule has 38 heavy (non-hydrogen) atoms. The van der Waals surface area contributed by atoms with Gasteiger partial charge in [-0.25, -0.2) is 0 Å². The Labute approximate surface area is 221 Å². The normalized spacial score (nSPS) is 11.7. The fourth-order valence-electron chi connectivity index (χ4n) is 5.93. The molecule has 0 N–H and O–H groups in total. The fourth-order valence-corrected chi connectivity index (χ4v) is 5.93. The first-order chi connectivity index (χ1) is 18.8. The van der Waals surface area contributed by atoms with Crippen LogP contribution in [0.25, 0.3) is 77.3 Å². The summed E-state index contributed by atoms with van der Waals surface area (Å²) in [5, 5.41) is 5.12. The lowest BCUT2D eigenvalue weighted by molar-refractivity contribution is 1.33. The molecule has 7 aromatic rings. The maximum Gasteiger partial charge on any atom is 0.0702 e. The number of hydrogen-bond acceptors (Lipinski definition) is 1. The van der Waals surface area contributed by atoms with Crippen LogP contribution in [0.2, 0.25) is 0 Å². The van der Waals surface area contributed by atoms with Crippen LogP contribution in [0.1, 0.15) is 0 Å². The van der Waals surface area contributed by atoms with Crippen molar-refractivity contribution in [3.8, 4) is 55.8 Å². The molecule has 6 aromatic carbocycles. The zero-order chi connectivity index (χ0) is 25.1. The molecule has 0 amide bonds. The van der Waals surface area contributed by atoms with E-state index in [4.69, 9.17) is 4.98 Å². The topological polar surface area (TPSA) is 12.9 Å². The second kappa shape index (κ2) is 8.26. The number of nitrogens with zero attached hydrogens (tertiary/aromatic N) is 1. The highest BCUT2D eigenvalue weighted by atomic mass is 14.7. The monoisotopic (exact) mass is 481 g/mol. The van der Waals surface area contributed by atoms with E-state index in [2.05, 4.69) is 127 Å². The van der Waals surface area contributed by atoms with Gasteiger partial charge in [0.2, 0.25) is 0 Å². The molecule has 0 saturated carbocycles. The lowest BCUT2D eigenvalue weighted by Gasteiger charge is -2.10. The van der Waals surface area contributed by atoms with Gasteiger partial charge in [0.1, 0.15) is 0 Å². The van der Waals surface area contributed by atoms with Gasteiger partial charge in [0.25, 0.3) is 0 Å². The number of rotatable bonds is 3. The molecule has 1 aliphatic rings. The molecule has 0 aliphatic heterocycles. The van der Waals surface area contributed by atoms with Crippen molar-refractivity contribution < 1.29 is 0 Å². The number of fused-ring (bicyclic) bond motifs is 4. The Balaban J connectivity index is 1.17. The second-order valence-corrected chi connectivity index (χ2v) is 10.0. The molecule has 0 saturated heterocycles. The molecule has 1 heterocycles. The van der Waals surface area contributed by atoms with Gasteiger partial charge in [-0.2, -0.15) is 0 Å². The highest BCUT2D eigenvalue weighted by Gasteiger charge is 2.21. The molecule has 0 radical (unpaired) electrons. The SMILES string of the molecule is c1ccc(-c2ccc(-c3ccc4cc(-c5cc6c7c(cccc7c5)-c5ccccc5-6)ccc4c3)nc2)cc1. The van der Waals surface area contributed by atoms with Crippen molar-refractivity contribution in [1.29, 1.82) is 0 Å². The summed E-state index contributed by atoms with van der Waals surface area (Å²) in [6, 6.07) is 48.2. The van der Waals surface area contributed by atoms with E-state index in [9.17, 15) is 0 Å². The van der Waals surface area contributed by atoms with Gasteiger partial charge in [0, 0.05) is 17.3 Å². The first-order valence-electron chi connectivity index (χ1n) is 13.0. The molecule has 0 bridgehead atoms. The molecule has 1 nitrogen and oxygen atoms in total. The van der Waals surface area contributed by atoms with Gasteiger partial charge in [0.15, 0.2) is 0 Å². The van der Waals surface area contributed by atoms with Crippen molar-refractivity contribution in [3.05, 3.63) is 140 Å². The average Bonchev–Trinajstić information content (AvgIpc) is 3.32. The van der Waals surface area contributed by atoms with Gasteiger partial charge in [-0.05, 0) is 90.8 Å². The molecule has 1 aliphatic carbocycles. The summed E-state index contributed by atoms with van der Waals surface area (Å²) in [4.78, 5) is 4.77. The molecule has 0 fully saturated rings. The Morgan fingerprint density at radius 1 is 0.342 bits per heavy atom. The summed E-state index contributed by atoms with van der Waals surface area (Å²) in [6.45, 7) is 0. The van der Waals surface area contributed by atoms with Crippen LogP contribution in [0, 0.1) is 0 Å². The molecule has 0 spiro atoms. The summed E-state index contributed by atoms with van der Waals surface area (Å²) < 4.78 is 0. The smallest absolute Gasteiger partial charge is 0.0702 e. The van der Waals surface area contributed by atoms with Gasteiger partial charge in [-0.3, -0.25) is 4.98 Å². The van der Waals surface area contributed by atoms with Crippen molar-refractivity contribution >= 4 is 21.5 Å². The maximum absolute atomic E-state index is 4.77. The van der Waals surface area contributed by atoms with Crippen LogP contribution in [-0.4, -0.2) is 4.98 Å². The fraction of sp³-hybridized carbons (Fsp3) is 0. The van der Waals surface area contributed by atoms with E-state index in [1.165, 1.54) is 60.5 Å². The summed E-state index contributed by atoms with van der Waals surface area (Å²) >= 11 is 0. The Bertz CT molecular complexity index is 2000. The van der Waals surface area contributed by atoms with Crippen molar-refractivity contribution in [2.45, 2.75) is 0 Å². The highest BCUT2D eigenvalue weighted by Crippen LogP contribution is 2.48. The molecule has 1 heteroatoms. The van der Waals surface area contributed by atoms with E-state index in [1.807, 2.05) is 12.3 Å². The molecular weight excluding hydrogens is 458 g/mol. The predicted molar refractivity (Wildman–Crippen MR) is 160 cm³/mol. The first kappa shape index (κ1) is 21.1. The summed E-state index contributed by atoms with van der Waals surface area (Å²) in [5.41, 5.74) is 12.3. The average molecular weight is 482 g/mol. The van der Waals surface area contributed by atoms with Crippen molar-refractivity contribution in [3.63, 3.8) is 0 Å². The van der Waals surface area contributed by atoms with Crippen LogP contribution in [0.15, 0.2) is 140 Å². The second-order valence-electron chi connectivity index (χ2n) is 10.0. The molecule has 1 aromatic heterocycles.